The van der Waals surface area contributed by atoms with E-state index in [1.807, 2.05) is 16.8 Å². The Kier molecular flexibility index (Phi) is 3.41. The van der Waals surface area contributed by atoms with Gasteiger partial charge in [0.1, 0.15) is 11.7 Å². The molecule has 1 aliphatic rings. The highest BCUT2D eigenvalue weighted by Gasteiger charge is 2.29. The zero-order valence-corrected chi connectivity index (χ0v) is 10.6. The van der Waals surface area contributed by atoms with Crippen LogP contribution in [0.3, 0.4) is 0 Å². The predicted molar refractivity (Wildman–Crippen MR) is 66.4 cm³/mol. The molecule has 2 rings (SSSR count). The van der Waals surface area contributed by atoms with E-state index >= 15 is 0 Å². The molecule has 5 heteroatoms. The van der Waals surface area contributed by atoms with Crippen molar-refractivity contribution in [3.05, 3.63) is 24.0 Å². The molecule has 0 unspecified atom stereocenters. The number of nitrogens with zero attached hydrogens (tertiary/aromatic N) is 1. The minimum absolute atomic E-state index is 0.143. The van der Waals surface area contributed by atoms with Crippen LogP contribution in [0, 0.1) is 5.92 Å². The van der Waals surface area contributed by atoms with Crippen LogP contribution >= 0.6 is 0 Å². The summed E-state index contributed by atoms with van der Waals surface area (Å²) in [5.41, 5.74) is 0.546. The number of hydrogen-bond acceptors (Lipinski definition) is 2. The van der Waals surface area contributed by atoms with E-state index in [1.165, 1.54) is 0 Å². The Bertz CT molecular complexity index is 461. The normalized spacial score (nSPS) is 16.6. The second-order valence-corrected chi connectivity index (χ2v) is 5.07. The van der Waals surface area contributed by atoms with Gasteiger partial charge in [-0.05, 0) is 30.9 Å². The lowest BCUT2D eigenvalue weighted by Gasteiger charge is -2.18. The molecule has 0 aliphatic heterocycles. The molecular weight excluding hydrogens is 232 g/mol. The lowest BCUT2D eigenvalue weighted by Crippen LogP contribution is -2.44. The van der Waals surface area contributed by atoms with E-state index in [-0.39, 0.29) is 11.8 Å². The second kappa shape index (κ2) is 4.84. The fourth-order valence-electron chi connectivity index (χ4n) is 1.99. The van der Waals surface area contributed by atoms with Crippen molar-refractivity contribution in [2.75, 3.05) is 0 Å². The summed E-state index contributed by atoms with van der Waals surface area (Å²) >= 11 is 0. The Hall–Kier alpha value is -1.78. The molecule has 1 atom stereocenters. The highest BCUT2D eigenvalue weighted by Crippen LogP contribution is 2.35. The summed E-state index contributed by atoms with van der Waals surface area (Å²) in [7, 11) is 0. The number of carbonyl (C=O) groups excluding carboxylic acids is 1. The molecule has 18 heavy (non-hydrogen) atoms. The Morgan fingerprint density at radius 1 is 1.44 bits per heavy atom. The van der Waals surface area contributed by atoms with Gasteiger partial charge in [-0.1, -0.05) is 13.8 Å². The molecule has 1 amide bonds. The summed E-state index contributed by atoms with van der Waals surface area (Å²) in [6.07, 6.45) is 4.04. The molecule has 0 spiro atoms. The number of carbonyl (C=O) groups is 2. The maximum absolute atomic E-state index is 12.1. The van der Waals surface area contributed by atoms with Gasteiger partial charge in [-0.25, -0.2) is 4.79 Å². The van der Waals surface area contributed by atoms with Crippen molar-refractivity contribution in [2.45, 2.75) is 38.8 Å². The van der Waals surface area contributed by atoms with E-state index < -0.39 is 12.0 Å². The van der Waals surface area contributed by atoms with Crippen molar-refractivity contribution in [3.63, 3.8) is 0 Å². The number of hydrogen-bond donors (Lipinski definition) is 2. The lowest BCUT2D eigenvalue weighted by atomic mass is 10.0. The molecule has 98 valence electrons. The maximum Gasteiger partial charge on any atom is 0.326 e. The molecule has 0 bridgehead atoms. The summed E-state index contributed by atoms with van der Waals surface area (Å²) in [6, 6.07) is 3.11. The first kappa shape index (κ1) is 12.7. The molecule has 1 aromatic rings. The maximum atomic E-state index is 12.1. The zero-order chi connectivity index (χ0) is 13.3. The molecule has 0 radical (unpaired) electrons. The number of aliphatic carboxylic acids is 1. The molecule has 1 aromatic heterocycles. The highest BCUT2D eigenvalue weighted by atomic mass is 16.4. The average molecular weight is 250 g/mol. The van der Waals surface area contributed by atoms with Crippen molar-refractivity contribution in [1.82, 2.24) is 9.88 Å². The van der Waals surface area contributed by atoms with E-state index in [1.54, 1.807) is 19.9 Å². The van der Waals surface area contributed by atoms with Crippen LogP contribution in [0.15, 0.2) is 18.3 Å². The Morgan fingerprint density at radius 2 is 2.11 bits per heavy atom. The molecule has 1 fully saturated rings. The topological polar surface area (TPSA) is 71.3 Å². The molecular formula is C13H18N2O3. The van der Waals surface area contributed by atoms with E-state index in [4.69, 9.17) is 5.11 Å². The van der Waals surface area contributed by atoms with Crippen LogP contribution in [0.4, 0.5) is 0 Å². The lowest BCUT2D eigenvalue weighted by molar-refractivity contribution is -0.140. The van der Waals surface area contributed by atoms with Crippen molar-refractivity contribution < 1.29 is 14.7 Å². The van der Waals surface area contributed by atoms with Crippen LogP contribution in [-0.2, 0) is 4.79 Å². The molecule has 0 saturated heterocycles. The smallest absolute Gasteiger partial charge is 0.326 e. The minimum Gasteiger partial charge on any atom is -0.480 e. The summed E-state index contributed by atoms with van der Waals surface area (Å²) in [5.74, 6) is -1.45. The fourth-order valence-corrected chi connectivity index (χ4v) is 1.99. The molecule has 5 nitrogen and oxygen atoms in total. The second-order valence-electron chi connectivity index (χ2n) is 5.07. The van der Waals surface area contributed by atoms with Crippen molar-refractivity contribution >= 4 is 11.9 Å². The largest absolute Gasteiger partial charge is 0.480 e. The Labute approximate surface area is 106 Å². The summed E-state index contributed by atoms with van der Waals surface area (Å²) in [6.45, 7) is 3.55. The zero-order valence-electron chi connectivity index (χ0n) is 10.6. The van der Waals surface area contributed by atoms with Gasteiger partial charge in [-0.3, -0.25) is 4.79 Å². The molecule has 2 N–H and O–H groups in total. The third-order valence-electron chi connectivity index (χ3n) is 3.17. The van der Waals surface area contributed by atoms with E-state index in [2.05, 4.69) is 5.32 Å². The van der Waals surface area contributed by atoms with Crippen LogP contribution < -0.4 is 5.32 Å². The standard InChI is InChI=1S/C13H18N2O3/c1-8(2)11(13(17)18)14-12(16)10-4-3-7-15(10)9-5-6-9/h3-4,7-9,11H,5-6H2,1-2H3,(H,14,16)(H,17,18)/t11-/m1/s1. The molecule has 0 aromatic carbocycles. The van der Waals surface area contributed by atoms with Gasteiger partial charge in [-0.2, -0.15) is 0 Å². The number of rotatable bonds is 5. The Morgan fingerprint density at radius 3 is 2.61 bits per heavy atom. The van der Waals surface area contributed by atoms with Gasteiger partial charge in [0.2, 0.25) is 0 Å². The van der Waals surface area contributed by atoms with Gasteiger partial charge >= 0.3 is 5.97 Å². The first-order valence-electron chi connectivity index (χ1n) is 6.21. The fraction of sp³-hybridized carbons (Fsp3) is 0.538. The number of amides is 1. The highest BCUT2D eigenvalue weighted by molar-refractivity contribution is 5.95. The van der Waals surface area contributed by atoms with E-state index in [0.29, 0.717) is 11.7 Å². The van der Waals surface area contributed by atoms with Gasteiger partial charge < -0.3 is 15.0 Å². The number of nitrogens with one attached hydrogen (secondary N) is 1. The van der Waals surface area contributed by atoms with Crippen LogP contribution in [0.1, 0.15) is 43.2 Å². The van der Waals surface area contributed by atoms with Crippen LogP contribution in [0.5, 0.6) is 0 Å². The van der Waals surface area contributed by atoms with Crippen molar-refractivity contribution in [1.29, 1.82) is 0 Å². The van der Waals surface area contributed by atoms with Crippen LogP contribution in [0.2, 0.25) is 0 Å². The van der Waals surface area contributed by atoms with E-state index in [0.717, 1.165) is 12.8 Å². The van der Waals surface area contributed by atoms with Gasteiger partial charge in [0.05, 0.1) is 0 Å². The third-order valence-corrected chi connectivity index (χ3v) is 3.17. The monoisotopic (exact) mass is 250 g/mol. The number of carboxylic acids is 1. The Balaban J connectivity index is 2.11. The van der Waals surface area contributed by atoms with Crippen LogP contribution in [-0.4, -0.2) is 27.6 Å². The van der Waals surface area contributed by atoms with Crippen molar-refractivity contribution in [2.24, 2.45) is 5.92 Å². The quantitative estimate of drug-likeness (QED) is 0.835. The summed E-state index contributed by atoms with van der Waals surface area (Å²) in [5, 5.41) is 11.6. The number of carboxylic acid groups (broad SMARTS) is 1. The van der Waals surface area contributed by atoms with Gasteiger partial charge in [-0.15, -0.1) is 0 Å². The molecule has 1 aliphatic carbocycles. The van der Waals surface area contributed by atoms with Crippen molar-refractivity contribution in [3.8, 4) is 0 Å². The minimum atomic E-state index is -0.997. The van der Waals surface area contributed by atoms with Gasteiger partial charge in [0.15, 0.2) is 0 Å². The molecule has 1 saturated carbocycles. The molecule has 1 heterocycles. The summed E-state index contributed by atoms with van der Waals surface area (Å²) < 4.78 is 1.93. The van der Waals surface area contributed by atoms with Gasteiger partial charge in [0, 0.05) is 12.2 Å². The van der Waals surface area contributed by atoms with Gasteiger partial charge in [0.25, 0.3) is 5.91 Å². The first-order valence-corrected chi connectivity index (χ1v) is 6.21. The van der Waals surface area contributed by atoms with Crippen LogP contribution in [0.25, 0.3) is 0 Å². The predicted octanol–water partition coefficient (Wildman–Crippen LogP) is 1.66. The SMILES string of the molecule is CC(C)[C@@H](NC(=O)c1cccn1C1CC1)C(=O)O. The summed E-state index contributed by atoms with van der Waals surface area (Å²) in [4.78, 5) is 23.1. The van der Waals surface area contributed by atoms with E-state index in [9.17, 15) is 9.59 Å². The average Bonchev–Trinajstić information content (AvgIpc) is 3.02. The third kappa shape index (κ3) is 2.55. The number of aromatic nitrogens is 1. The first-order chi connectivity index (χ1) is 8.50.